The monoisotopic (exact) mass is 237 g/mol. The third-order valence-electron chi connectivity index (χ3n) is 2.91. The van der Waals surface area contributed by atoms with E-state index in [1.807, 2.05) is 0 Å². The summed E-state index contributed by atoms with van der Waals surface area (Å²) in [5.74, 6) is -0.0143. The van der Waals surface area contributed by atoms with Gasteiger partial charge in [-0.05, 0) is 12.8 Å². The SMILES string of the molecule is COc1nccnc1C(=O)C1(N)CCOCC1. The third kappa shape index (κ3) is 2.27. The lowest BCUT2D eigenvalue weighted by Crippen LogP contribution is -2.52. The van der Waals surface area contributed by atoms with Gasteiger partial charge in [-0.1, -0.05) is 0 Å². The van der Waals surface area contributed by atoms with Crippen LogP contribution in [0.5, 0.6) is 5.88 Å². The van der Waals surface area contributed by atoms with Gasteiger partial charge in [0.15, 0.2) is 5.69 Å². The predicted molar refractivity (Wildman–Crippen MR) is 59.9 cm³/mol. The number of nitrogens with two attached hydrogens (primary N) is 1. The Labute approximate surface area is 99.1 Å². The summed E-state index contributed by atoms with van der Waals surface area (Å²) in [6, 6.07) is 0. The minimum atomic E-state index is -0.915. The van der Waals surface area contributed by atoms with Gasteiger partial charge in [0.05, 0.1) is 12.6 Å². The molecule has 0 unspecified atom stereocenters. The van der Waals surface area contributed by atoms with Crippen LogP contribution in [0, 0.1) is 0 Å². The van der Waals surface area contributed by atoms with Crippen LogP contribution in [0.15, 0.2) is 12.4 Å². The summed E-state index contributed by atoms with van der Waals surface area (Å²) in [4.78, 5) is 20.3. The van der Waals surface area contributed by atoms with Crippen molar-refractivity contribution >= 4 is 5.78 Å². The van der Waals surface area contributed by atoms with Crippen LogP contribution >= 0.6 is 0 Å². The molecule has 1 saturated heterocycles. The van der Waals surface area contributed by atoms with Crippen LogP contribution in [0.3, 0.4) is 0 Å². The Balaban J connectivity index is 2.29. The number of carbonyl (C=O) groups excluding carboxylic acids is 1. The van der Waals surface area contributed by atoms with Gasteiger partial charge in [-0.15, -0.1) is 0 Å². The van der Waals surface area contributed by atoms with Gasteiger partial charge in [0.2, 0.25) is 11.7 Å². The molecule has 1 aliphatic heterocycles. The molecule has 1 fully saturated rings. The molecule has 17 heavy (non-hydrogen) atoms. The maximum absolute atomic E-state index is 12.3. The number of rotatable bonds is 3. The van der Waals surface area contributed by atoms with E-state index in [1.54, 1.807) is 0 Å². The first-order chi connectivity index (χ1) is 8.17. The van der Waals surface area contributed by atoms with Crippen molar-refractivity contribution in [1.29, 1.82) is 0 Å². The first kappa shape index (κ1) is 11.9. The highest BCUT2D eigenvalue weighted by atomic mass is 16.5. The van der Waals surface area contributed by atoms with Crippen molar-refractivity contribution in [1.82, 2.24) is 9.97 Å². The standard InChI is InChI=1S/C11H15N3O3/c1-16-10-8(13-4-5-14-10)9(15)11(12)2-6-17-7-3-11/h4-5H,2-3,6-7,12H2,1H3. The van der Waals surface area contributed by atoms with Crippen LogP contribution in [0.1, 0.15) is 23.3 Å². The summed E-state index contributed by atoms with van der Waals surface area (Å²) in [6.07, 6.45) is 3.92. The summed E-state index contributed by atoms with van der Waals surface area (Å²) in [5.41, 5.74) is 5.38. The van der Waals surface area contributed by atoms with Crippen molar-refractivity contribution in [3.63, 3.8) is 0 Å². The first-order valence-corrected chi connectivity index (χ1v) is 5.44. The zero-order valence-corrected chi connectivity index (χ0v) is 9.68. The number of methoxy groups -OCH3 is 1. The lowest BCUT2D eigenvalue weighted by atomic mass is 9.85. The molecule has 2 rings (SSSR count). The number of hydrogen-bond acceptors (Lipinski definition) is 6. The maximum Gasteiger partial charge on any atom is 0.243 e. The molecule has 1 aromatic heterocycles. The average molecular weight is 237 g/mol. The molecule has 0 saturated carbocycles. The molecule has 0 aliphatic carbocycles. The van der Waals surface area contributed by atoms with Crippen LogP contribution in [0.25, 0.3) is 0 Å². The normalized spacial score (nSPS) is 18.7. The fraction of sp³-hybridized carbons (Fsp3) is 0.545. The highest BCUT2D eigenvalue weighted by Gasteiger charge is 2.38. The van der Waals surface area contributed by atoms with Gasteiger partial charge in [0.1, 0.15) is 0 Å². The van der Waals surface area contributed by atoms with Crippen LogP contribution in [0.4, 0.5) is 0 Å². The van der Waals surface area contributed by atoms with Crippen molar-refractivity contribution < 1.29 is 14.3 Å². The molecule has 0 spiro atoms. The lowest BCUT2D eigenvalue weighted by Gasteiger charge is -2.31. The second kappa shape index (κ2) is 4.77. The summed E-state index contributed by atoms with van der Waals surface area (Å²) < 4.78 is 10.2. The largest absolute Gasteiger partial charge is 0.479 e. The molecule has 2 heterocycles. The Bertz CT molecular complexity index is 416. The van der Waals surface area contributed by atoms with Crippen LogP contribution in [0.2, 0.25) is 0 Å². The van der Waals surface area contributed by atoms with Crippen molar-refractivity contribution in [2.45, 2.75) is 18.4 Å². The van der Waals surface area contributed by atoms with E-state index < -0.39 is 5.54 Å². The van der Waals surface area contributed by atoms with E-state index in [0.717, 1.165) is 0 Å². The smallest absolute Gasteiger partial charge is 0.243 e. The molecule has 2 N–H and O–H groups in total. The Morgan fingerprint density at radius 3 is 2.71 bits per heavy atom. The number of ether oxygens (including phenoxy) is 2. The highest BCUT2D eigenvalue weighted by Crippen LogP contribution is 2.24. The predicted octanol–water partition coefficient (Wildman–Crippen LogP) is 0.176. The summed E-state index contributed by atoms with van der Waals surface area (Å²) in [7, 11) is 1.45. The fourth-order valence-electron chi connectivity index (χ4n) is 1.83. The zero-order valence-electron chi connectivity index (χ0n) is 9.68. The lowest BCUT2D eigenvalue weighted by molar-refractivity contribution is 0.0442. The summed E-state index contributed by atoms with van der Waals surface area (Å²) in [6.45, 7) is 0.982. The topological polar surface area (TPSA) is 87.3 Å². The quantitative estimate of drug-likeness (QED) is 0.754. The van der Waals surface area contributed by atoms with Crippen molar-refractivity contribution in [2.75, 3.05) is 20.3 Å². The van der Waals surface area contributed by atoms with Gasteiger partial charge >= 0.3 is 0 Å². The minimum absolute atomic E-state index is 0.194. The highest BCUT2D eigenvalue weighted by molar-refractivity contribution is 6.03. The van der Waals surface area contributed by atoms with Crippen molar-refractivity contribution in [2.24, 2.45) is 5.73 Å². The van der Waals surface area contributed by atoms with Crippen LogP contribution in [-0.4, -0.2) is 41.6 Å². The number of aromatic nitrogens is 2. The molecule has 0 bridgehead atoms. The molecule has 0 aromatic carbocycles. The number of Topliss-reactive ketones (excluding diaryl/α,β-unsaturated/α-hetero) is 1. The fourth-order valence-corrected chi connectivity index (χ4v) is 1.83. The van der Waals surface area contributed by atoms with E-state index in [2.05, 4.69) is 9.97 Å². The van der Waals surface area contributed by atoms with Crippen LogP contribution in [-0.2, 0) is 4.74 Å². The van der Waals surface area contributed by atoms with Crippen LogP contribution < -0.4 is 10.5 Å². The van der Waals surface area contributed by atoms with Gasteiger partial charge < -0.3 is 15.2 Å². The molecule has 0 atom stereocenters. The number of nitrogens with zero attached hydrogens (tertiary/aromatic N) is 2. The minimum Gasteiger partial charge on any atom is -0.479 e. The van der Waals surface area contributed by atoms with E-state index in [0.29, 0.717) is 26.1 Å². The summed E-state index contributed by atoms with van der Waals surface area (Å²) >= 11 is 0. The second-order valence-electron chi connectivity index (χ2n) is 4.01. The summed E-state index contributed by atoms with van der Waals surface area (Å²) in [5, 5.41) is 0. The molecule has 1 aliphatic rings. The number of carbonyl (C=O) groups is 1. The molecule has 0 radical (unpaired) electrons. The molecular weight excluding hydrogens is 222 g/mol. The van der Waals surface area contributed by atoms with Gasteiger partial charge in [0.25, 0.3) is 0 Å². The third-order valence-corrected chi connectivity index (χ3v) is 2.91. The maximum atomic E-state index is 12.3. The number of hydrogen-bond donors (Lipinski definition) is 1. The van der Waals surface area contributed by atoms with E-state index in [4.69, 9.17) is 15.2 Å². The van der Waals surface area contributed by atoms with Gasteiger partial charge in [-0.3, -0.25) is 4.79 Å². The molecule has 6 nitrogen and oxygen atoms in total. The van der Waals surface area contributed by atoms with Gasteiger partial charge in [-0.25, -0.2) is 9.97 Å². The average Bonchev–Trinajstić information content (AvgIpc) is 2.38. The van der Waals surface area contributed by atoms with E-state index in [9.17, 15) is 4.79 Å². The zero-order chi connectivity index (χ0) is 12.3. The van der Waals surface area contributed by atoms with Gasteiger partial charge in [-0.2, -0.15) is 0 Å². The Kier molecular flexibility index (Phi) is 3.35. The Morgan fingerprint density at radius 1 is 1.41 bits per heavy atom. The molecule has 6 heteroatoms. The van der Waals surface area contributed by atoms with Crippen molar-refractivity contribution in [3.8, 4) is 5.88 Å². The van der Waals surface area contributed by atoms with E-state index in [1.165, 1.54) is 19.5 Å². The second-order valence-corrected chi connectivity index (χ2v) is 4.01. The van der Waals surface area contributed by atoms with E-state index >= 15 is 0 Å². The Hall–Kier alpha value is -1.53. The molecule has 0 amide bonds. The van der Waals surface area contributed by atoms with Gasteiger partial charge in [0, 0.05) is 25.6 Å². The molecular formula is C11H15N3O3. The number of ketones is 1. The van der Waals surface area contributed by atoms with Crippen molar-refractivity contribution in [3.05, 3.63) is 18.1 Å². The molecule has 92 valence electrons. The molecule has 1 aromatic rings. The van der Waals surface area contributed by atoms with E-state index in [-0.39, 0.29) is 17.4 Å². The first-order valence-electron chi connectivity index (χ1n) is 5.44. The Morgan fingerprint density at radius 2 is 2.06 bits per heavy atom.